The van der Waals surface area contributed by atoms with E-state index in [-0.39, 0.29) is 5.91 Å². The molecule has 1 saturated heterocycles. The Labute approximate surface area is 95.5 Å². The molecule has 1 amide bonds. The van der Waals surface area contributed by atoms with Crippen LogP contribution in [0.25, 0.3) is 0 Å². The minimum atomic E-state index is 0.162. The quantitative estimate of drug-likeness (QED) is 0.797. The smallest absolute Gasteiger partial charge is 0.220 e. The normalized spacial score (nSPS) is 22.6. The molecule has 1 aliphatic heterocycles. The van der Waals surface area contributed by atoms with E-state index < -0.39 is 0 Å². The Morgan fingerprint density at radius 3 is 2.88 bits per heavy atom. The van der Waals surface area contributed by atoms with Crippen LogP contribution in [0.2, 0.25) is 0 Å². The molecule has 0 aromatic carbocycles. The van der Waals surface area contributed by atoms with Gasteiger partial charge in [-0.1, -0.05) is 0 Å². The van der Waals surface area contributed by atoms with Crippen LogP contribution < -0.4 is 10.6 Å². The predicted molar refractivity (Wildman–Crippen MR) is 61.8 cm³/mol. The molecular weight excluding hydrogens is 202 g/mol. The molecule has 0 saturated carbocycles. The first-order valence-corrected chi connectivity index (χ1v) is 5.68. The maximum absolute atomic E-state index is 11.0. The Hall–Kier alpha value is -1.42. The van der Waals surface area contributed by atoms with Gasteiger partial charge in [0.1, 0.15) is 0 Å². The highest BCUT2D eigenvalue weighted by Gasteiger charge is 2.19. The zero-order chi connectivity index (χ0) is 11.4. The number of piperidine rings is 1. The van der Waals surface area contributed by atoms with Crippen molar-refractivity contribution in [3.63, 3.8) is 0 Å². The maximum Gasteiger partial charge on any atom is 0.220 e. The highest BCUT2D eigenvalue weighted by Crippen LogP contribution is 2.13. The van der Waals surface area contributed by atoms with Crippen LogP contribution in [0.4, 0.5) is 0 Å². The summed E-state index contributed by atoms with van der Waals surface area (Å²) in [5.41, 5.74) is 1.23. The Morgan fingerprint density at radius 1 is 1.50 bits per heavy atom. The van der Waals surface area contributed by atoms with Gasteiger partial charge in [-0.2, -0.15) is 0 Å². The summed E-state index contributed by atoms with van der Waals surface area (Å²) in [6.07, 6.45) is 5.15. The van der Waals surface area contributed by atoms with Gasteiger partial charge in [0.2, 0.25) is 5.91 Å². The second-order valence-corrected chi connectivity index (χ2v) is 4.21. The molecule has 0 aliphatic carbocycles. The molecule has 0 bridgehead atoms. The van der Waals surface area contributed by atoms with Crippen LogP contribution in [-0.4, -0.2) is 23.5 Å². The number of carbonyl (C=O) groups is 1. The average molecular weight is 219 g/mol. The molecule has 2 rings (SSSR count). The molecule has 4 nitrogen and oxygen atoms in total. The highest BCUT2D eigenvalue weighted by molar-refractivity contribution is 5.76. The highest BCUT2D eigenvalue weighted by atomic mass is 16.1. The largest absolute Gasteiger partial charge is 0.355 e. The van der Waals surface area contributed by atoms with Crippen molar-refractivity contribution in [3.05, 3.63) is 30.1 Å². The average Bonchev–Trinajstić information content (AvgIpc) is 2.33. The van der Waals surface area contributed by atoms with Gasteiger partial charge in [0.15, 0.2) is 0 Å². The van der Waals surface area contributed by atoms with Crippen molar-refractivity contribution in [2.75, 3.05) is 6.54 Å². The van der Waals surface area contributed by atoms with Gasteiger partial charge in [-0.15, -0.1) is 0 Å². The monoisotopic (exact) mass is 219 g/mol. The third-order valence-corrected chi connectivity index (χ3v) is 2.96. The first-order chi connectivity index (χ1) is 7.75. The molecular formula is C12H17N3O. The maximum atomic E-state index is 11.0. The van der Waals surface area contributed by atoms with E-state index >= 15 is 0 Å². The summed E-state index contributed by atoms with van der Waals surface area (Å²) in [5.74, 6) is 0.162. The first kappa shape index (κ1) is 11.1. The standard InChI is InChI=1S/C12H17N3O/c1-9(10-4-6-13-7-5-10)15-11-2-3-12(16)14-8-11/h4-7,9,11,15H,2-3,8H2,1H3,(H,14,16). The second-order valence-electron chi connectivity index (χ2n) is 4.21. The summed E-state index contributed by atoms with van der Waals surface area (Å²) in [6.45, 7) is 2.86. The number of aromatic nitrogens is 1. The lowest BCUT2D eigenvalue weighted by molar-refractivity contribution is -0.122. The minimum absolute atomic E-state index is 0.162. The predicted octanol–water partition coefficient (Wildman–Crippen LogP) is 1.01. The molecule has 1 aromatic rings. The van der Waals surface area contributed by atoms with Crippen LogP contribution in [0.15, 0.2) is 24.5 Å². The van der Waals surface area contributed by atoms with E-state index in [1.165, 1.54) is 5.56 Å². The summed E-state index contributed by atoms with van der Waals surface area (Å²) in [4.78, 5) is 15.0. The lowest BCUT2D eigenvalue weighted by Crippen LogP contribution is -2.46. The van der Waals surface area contributed by atoms with Crippen molar-refractivity contribution in [1.82, 2.24) is 15.6 Å². The van der Waals surface area contributed by atoms with E-state index in [0.717, 1.165) is 13.0 Å². The van der Waals surface area contributed by atoms with E-state index in [1.54, 1.807) is 12.4 Å². The van der Waals surface area contributed by atoms with Gasteiger partial charge in [0.25, 0.3) is 0 Å². The van der Waals surface area contributed by atoms with Crippen molar-refractivity contribution < 1.29 is 4.79 Å². The van der Waals surface area contributed by atoms with Gasteiger partial charge in [-0.05, 0) is 31.0 Å². The molecule has 0 radical (unpaired) electrons. The molecule has 0 spiro atoms. The fourth-order valence-corrected chi connectivity index (χ4v) is 1.98. The SMILES string of the molecule is CC(NC1CCC(=O)NC1)c1ccncc1. The fourth-order valence-electron chi connectivity index (χ4n) is 1.98. The van der Waals surface area contributed by atoms with E-state index in [9.17, 15) is 4.79 Å². The van der Waals surface area contributed by atoms with Gasteiger partial charge >= 0.3 is 0 Å². The molecule has 1 aliphatic rings. The number of hydrogen-bond acceptors (Lipinski definition) is 3. The van der Waals surface area contributed by atoms with Gasteiger partial charge in [0, 0.05) is 37.4 Å². The molecule has 16 heavy (non-hydrogen) atoms. The number of pyridine rings is 1. The number of nitrogens with one attached hydrogen (secondary N) is 2. The summed E-state index contributed by atoms with van der Waals surface area (Å²) < 4.78 is 0. The number of hydrogen-bond donors (Lipinski definition) is 2. The number of nitrogens with zero attached hydrogens (tertiary/aromatic N) is 1. The van der Waals surface area contributed by atoms with E-state index in [1.807, 2.05) is 12.1 Å². The molecule has 1 fully saturated rings. The Morgan fingerprint density at radius 2 is 2.25 bits per heavy atom. The lowest BCUT2D eigenvalue weighted by Gasteiger charge is -2.27. The molecule has 86 valence electrons. The number of carbonyl (C=O) groups excluding carboxylic acids is 1. The summed E-state index contributed by atoms with van der Waals surface area (Å²) in [7, 11) is 0. The molecule has 2 heterocycles. The Balaban J connectivity index is 1.88. The van der Waals surface area contributed by atoms with Crippen LogP contribution in [0.3, 0.4) is 0 Å². The number of amides is 1. The van der Waals surface area contributed by atoms with Crippen LogP contribution in [0, 0.1) is 0 Å². The van der Waals surface area contributed by atoms with Gasteiger partial charge < -0.3 is 10.6 Å². The summed E-state index contributed by atoms with van der Waals surface area (Å²) in [5, 5.41) is 6.39. The third kappa shape index (κ3) is 2.79. The molecule has 1 aromatic heterocycles. The molecule has 2 unspecified atom stereocenters. The Kier molecular flexibility index (Phi) is 3.51. The molecule has 2 N–H and O–H groups in total. The number of rotatable bonds is 3. The van der Waals surface area contributed by atoms with E-state index in [2.05, 4.69) is 22.5 Å². The zero-order valence-electron chi connectivity index (χ0n) is 9.44. The zero-order valence-corrected chi connectivity index (χ0v) is 9.44. The lowest BCUT2D eigenvalue weighted by atomic mass is 10.0. The molecule has 4 heteroatoms. The first-order valence-electron chi connectivity index (χ1n) is 5.68. The van der Waals surface area contributed by atoms with Crippen molar-refractivity contribution in [3.8, 4) is 0 Å². The third-order valence-electron chi connectivity index (χ3n) is 2.96. The van der Waals surface area contributed by atoms with Crippen molar-refractivity contribution in [2.45, 2.75) is 31.8 Å². The van der Waals surface area contributed by atoms with Gasteiger partial charge in [0.05, 0.1) is 0 Å². The topological polar surface area (TPSA) is 54.0 Å². The van der Waals surface area contributed by atoms with Crippen LogP contribution in [-0.2, 0) is 4.79 Å². The minimum Gasteiger partial charge on any atom is -0.355 e. The van der Waals surface area contributed by atoms with Gasteiger partial charge in [-0.25, -0.2) is 0 Å². The van der Waals surface area contributed by atoms with E-state index in [0.29, 0.717) is 18.5 Å². The van der Waals surface area contributed by atoms with Crippen LogP contribution >= 0.6 is 0 Å². The molecule has 2 atom stereocenters. The van der Waals surface area contributed by atoms with Crippen LogP contribution in [0.1, 0.15) is 31.4 Å². The van der Waals surface area contributed by atoms with Crippen molar-refractivity contribution in [2.24, 2.45) is 0 Å². The fraction of sp³-hybridized carbons (Fsp3) is 0.500. The van der Waals surface area contributed by atoms with E-state index in [4.69, 9.17) is 0 Å². The van der Waals surface area contributed by atoms with Crippen LogP contribution in [0.5, 0.6) is 0 Å². The summed E-state index contributed by atoms with van der Waals surface area (Å²) in [6, 6.07) is 4.70. The van der Waals surface area contributed by atoms with Gasteiger partial charge in [-0.3, -0.25) is 9.78 Å². The Bertz CT molecular complexity index is 343. The summed E-state index contributed by atoms with van der Waals surface area (Å²) >= 11 is 0. The van der Waals surface area contributed by atoms with Crippen molar-refractivity contribution >= 4 is 5.91 Å². The second kappa shape index (κ2) is 5.07. The van der Waals surface area contributed by atoms with Crippen molar-refractivity contribution in [1.29, 1.82) is 0 Å².